The molecule has 0 spiro atoms. The lowest BCUT2D eigenvalue weighted by Gasteiger charge is -2.10. The molecule has 2 aromatic rings. The lowest BCUT2D eigenvalue weighted by Crippen LogP contribution is -2.27. The first-order valence-corrected chi connectivity index (χ1v) is 5.91. The van der Waals surface area contributed by atoms with Crippen molar-refractivity contribution in [3.63, 3.8) is 0 Å². The van der Waals surface area contributed by atoms with Gasteiger partial charge in [-0.25, -0.2) is 14.9 Å². The van der Waals surface area contributed by atoms with Gasteiger partial charge in [-0.05, 0) is 13.3 Å². The average Bonchev–Trinajstić information content (AvgIpc) is 3.00. The van der Waals surface area contributed by atoms with Gasteiger partial charge in [0, 0.05) is 13.0 Å². The molecule has 0 saturated carbocycles. The highest BCUT2D eigenvalue weighted by molar-refractivity contribution is 5.76. The molecule has 0 bridgehead atoms. The number of carbonyl (C=O) groups excluding carboxylic acids is 1. The summed E-state index contributed by atoms with van der Waals surface area (Å²) in [5.74, 6) is 0.311. The van der Waals surface area contributed by atoms with E-state index in [0.717, 1.165) is 0 Å². The smallest absolute Gasteiger partial charge is 0.340 e. The fourth-order valence-corrected chi connectivity index (χ4v) is 1.62. The third-order valence-electron chi connectivity index (χ3n) is 2.56. The molecule has 0 saturated heterocycles. The number of rotatable bonds is 6. The van der Waals surface area contributed by atoms with Crippen LogP contribution >= 0.6 is 0 Å². The molecular weight excluding hydrogens is 250 g/mol. The summed E-state index contributed by atoms with van der Waals surface area (Å²) in [6, 6.07) is -0.335. The molecule has 0 aromatic carbocycles. The Kier molecular flexibility index (Phi) is 4.06. The third-order valence-corrected chi connectivity index (χ3v) is 2.56. The van der Waals surface area contributed by atoms with Gasteiger partial charge in [0.1, 0.15) is 12.7 Å². The van der Waals surface area contributed by atoms with Crippen molar-refractivity contribution in [1.82, 2.24) is 35.3 Å². The average molecular weight is 265 g/mol. The van der Waals surface area contributed by atoms with Crippen LogP contribution in [0.25, 0.3) is 0 Å². The minimum atomic E-state index is -0.387. The second kappa shape index (κ2) is 5.94. The van der Waals surface area contributed by atoms with Crippen molar-refractivity contribution in [2.75, 3.05) is 0 Å². The van der Waals surface area contributed by atoms with Crippen LogP contribution in [-0.2, 0) is 11.3 Å². The zero-order valence-corrected chi connectivity index (χ0v) is 10.5. The van der Waals surface area contributed by atoms with Crippen LogP contribution < -0.4 is 11.0 Å². The Labute approximate surface area is 108 Å². The molecule has 9 heteroatoms. The largest absolute Gasteiger partial charge is 0.346 e. The molecule has 19 heavy (non-hydrogen) atoms. The first kappa shape index (κ1) is 13.0. The van der Waals surface area contributed by atoms with Crippen molar-refractivity contribution >= 4 is 5.91 Å². The maximum Gasteiger partial charge on any atom is 0.340 e. The number of nitrogens with one attached hydrogen (secondary N) is 3. The van der Waals surface area contributed by atoms with Gasteiger partial charge < -0.3 is 5.32 Å². The Morgan fingerprint density at radius 2 is 2.42 bits per heavy atom. The van der Waals surface area contributed by atoms with Gasteiger partial charge in [0.2, 0.25) is 5.91 Å². The third kappa shape index (κ3) is 3.76. The molecule has 0 fully saturated rings. The van der Waals surface area contributed by atoms with E-state index >= 15 is 0 Å². The van der Waals surface area contributed by atoms with E-state index in [1.165, 1.54) is 6.33 Å². The molecule has 102 valence electrons. The fraction of sp³-hybridized carbons (Fsp3) is 0.500. The number of H-pyrrole nitrogens is 2. The zero-order valence-electron chi connectivity index (χ0n) is 10.5. The first-order valence-electron chi connectivity index (χ1n) is 5.91. The summed E-state index contributed by atoms with van der Waals surface area (Å²) in [4.78, 5) is 28.9. The summed E-state index contributed by atoms with van der Waals surface area (Å²) >= 11 is 0. The van der Waals surface area contributed by atoms with E-state index in [-0.39, 0.29) is 17.6 Å². The number of aromatic amines is 2. The van der Waals surface area contributed by atoms with E-state index in [4.69, 9.17) is 0 Å². The van der Waals surface area contributed by atoms with Gasteiger partial charge in [-0.2, -0.15) is 10.2 Å². The number of hydrogen-bond donors (Lipinski definition) is 3. The minimum absolute atomic E-state index is 0.100. The van der Waals surface area contributed by atoms with Crippen LogP contribution in [0.15, 0.2) is 17.4 Å². The van der Waals surface area contributed by atoms with Crippen LogP contribution in [-0.4, -0.2) is 35.9 Å². The number of aromatic nitrogens is 6. The topological polar surface area (TPSA) is 121 Å². The number of nitrogens with zero attached hydrogens (tertiary/aromatic N) is 4. The molecule has 0 aliphatic rings. The van der Waals surface area contributed by atoms with Crippen molar-refractivity contribution in [2.24, 2.45) is 0 Å². The molecule has 0 aliphatic heterocycles. The Hall–Kier alpha value is -2.45. The van der Waals surface area contributed by atoms with E-state index in [9.17, 15) is 9.59 Å². The number of hydrogen-bond acceptors (Lipinski definition) is 5. The molecular formula is C10H15N7O2. The van der Waals surface area contributed by atoms with Crippen molar-refractivity contribution in [2.45, 2.75) is 32.4 Å². The van der Waals surface area contributed by atoms with Crippen molar-refractivity contribution < 1.29 is 4.79 Å². The zero-order chi connectivity index (χ0) is 13.7. The fourth-order valence-electron chi connectivity index (χ4n) is 1.62. The maximum atomic E-state index is 11.7. The molecule has 0 unspecified atom stereocenters. The quantitative estimate of drug-likeness (QED) is 0.640. The molecule has 1 atom stereocenters. The lowest BCUT2D eigenvalue weighted by atomic mass is 10.2. The molecule has 2 aromatic heterocycles. The molecule has 9 nitrogen and oxygen atoms in total. The summed E-state index contributed by atoms with van der Waals surface area (Å²) in [6.45, 7) is 2.39. The maximum absolute atomic E-state index is 11.7. The lowest BCUT2D eigenvalue weighted by molar-refractivity contribution is -0.121. The number of aryl methyl sites for hydroxylation is 1. The molecule has 2 rings (SSSR count). The van der Waals surface area contributed by atoms with Gasteiger partial charge in [-0.1, -0.05) is 0 Å². The summed E-state index contributed by atoms with van der Waals surface area (Å²) in [5.41, 5.74) is -0.387. The van der Waals surface area contributed by atoms with E-state index in [1.807, 2.05) is 0 Å². The highest BCUT2D eigenvalue weighted by atomic mass is 16.2. The van der Waals surface area contributed by atoms with E-state index in [0.29, 0.717) is 25.2 Å². The van der Waals surface area contributed by atoms with Gasteiger partial charge >= 0.3 is 5.69 Å². The Morgan fingerprint density at radius 1 is 1.58 bits per heavy atom. The van der Waals surface area contributed by atoms with Crippen LogP contribution in [0.4, 0.5) is 0 Å². The summed E-state index contributed by atoms with van der Waals surface area (Å²) in [6.07, 6.45) is 4.10. The van der Waals surface area contributed by atoms with Crippen molar-refractivity contribution in [1.29, 1.82) is 0 Å². The second-order valence-electron chi connectivity index (χ2n) is 4.11. The number of amides is 1. The molecule has 2 heterocycles. The van der Waals surface area contributed by atoms with Gasteiger partial charge in [-0.3, -0.25) is 14.5 Å². The first-order chi connectivity index (χ1) is 9.15. The van der Waals surface area contributed by atoms with Crippen molar-refractivity contribution in [3.8, 4) is 0 Å². The van der Waals surface area contributed by atoms with E-state index in [2.05, 4.69) is 30.6 Å². The molecule has 3 N–H and O–H groups in total. The van der Waals surface area contributed by atoms with Crippen LogP contribution in [0.2, 0.25) is 0 Å². The van der Waals surface area contributed by atoms with Crippen LogP contribution in [0.5, 0.6) is 0 Å². The van der Waals surface area contributed by atoms with Gasteiger partial charge in [0.05, 0.1) is 6.04 Å². The van der Waals surface area contributed by atoms with E-state index in [1.54, 1.807) is 17.9 Å². The SMILES string of the molecule is C[C@@H](NC(=O)CCCn1cncn1)c1n[nH]c(=O)[nH]1. The highest BCUT2D eigenvalue weighted by Crippen LogP contribution is 2.04. The van der Waals surface area contributed by atoms with Crippen LogP contribution in [0, 0.1) is 0 Å². The van der Waals surface area contributed by atoms with Gasteiger partial charge in [-0.15, -0.1) is 0 Å². The van der Waals surface area contributed by atoms with Crippen molar-refractivity contribution in [3.05, 3.63) is 29.0 Å². The van der Waals surface area contributed by atoms with Gasteiger partial charge in [0.15, 0.2) is 5.82 Å². The molecule has 0 radical (unpaired) electrons. The Bertz CT molecular complexity index is 571. The van der Waals surface area contributed by atoms with Crippen LogP contribution in [0.1, 0.15) is 31.6 Å². The second-order valence-corrected chi connectivity index (χ2v) is 4.11. The predicted molar refractivity (Wildman–Crippen MR) is 65.0 cm³/mol. The molecule has 1 amide bonds. The monoisotopic (exact) mass is 265 g/mol. The number of carbonyl (C=O) groups is 1. The summed E-state index contributed by atoms with van der Waals surface area (Å²) in [5, 5.41) is 12.7. The van der Waals surface area contributed by atoms with Crippen LogP contribution in [0.3, 0.4) is 0 Å². The van der Waals surface area contributed by atoms with E-state index < -0.39 is 0 Å². The minimum Gasteiger partial charge on any atom is -0.346 e. The Morgan fingerprint density at radius 3 is 3.05 bits per heavy atom. The summed E-state index contributed by atoms with van der Waals surface area (Å²) in [7, 11) is 0. The predicted octanol–water partition coefficient (Wildman–Crippen LogP) is -0.653. The normalized spacial score (nSPS) is 12.3. The summed E-state index contributed by atoms with van der Waals surface area (Å²) < 4.78 is 1.67. The molecule has 0 aliphatic carbocycles. The standard InChI is InChI=1S/C10H15N7O2/c1-7(9-14-10(19)16-15-9)13-8(18)3-2-4-17-6-11-5-12-17/h5-7H,2-4H2,1H3,(H,13,18)(H2,14,15,16,19)/t7-/m1/s1. The highest BCUT2D eigenvalue weighted by Gasteiger charge is 2.12. The Balaban J connectivity index is 1.73. The van der Waals surface area contributed by atoms with Gasteiger partial charge in [0.25, 0.3) is 0 Å².